The Morgan fingerprint density at radius 2 is 2.05 bits per heavy atom. The number of carbonyl (C=O) groups excluding carboxylic acids is 1. The van der Waals surface area contributed by atoms with E-state index in [1.54, 1.807) is 5.38 Å². The van der Waals surface area contributed by atoms with Gasteiger partial charge in [-0.25, -0.2) is 4.98 Å². The predicted octanol–water partition coefficient (Wildman–Crippen LogP) is 2.91. The fraction of sp³-hybridized carbons (Fsp3) is 0.375. The summed E-state index contributed by atoms with van der Waals surface area (Å²) in [6.07, 6.45) is 1.85. The smallest absolute Gasteiger partial charge is 0.270 e. The summed E-state index contributed by atoms with van der Waals surface area (Å²) in [6.45, 7) is 3.88. The van der Waals surface area contributed by atoms with Gasteiger partial charge in [-0.1, -0.05) is 30.3 Å². The minimum absolute atomic E-state index is 0.109. The lowest BCUT2D eigenvalue weighted by Gasteiger charge is -2.13. The molecule has 3 N–H and O–H groups in total. The van der Waals surface area contributed by atoms with Crippen LogP contribution in [0, 0.1) is 0 Å². The van der Waals surface area contributed by atoms with E-state index in [0.29, 0.717) is 5.69 Å². The summed E-state index contributed by atoms with van der Waals surface area (Å²) in [5, 5.41) is 5.53. The third-order valence-electron chi connectivity index (χ3n) is 3.23. The monoisotopic (exact) mass is 303 g/mol. The number of carbonyl (C=O) groups is 1. The second-order valence-corrected chi connectivity index (χ2v) is 6.15. The third kappa shape index (κ3) is 4.65. The molecule has 0 spiro atoms. The Morgan fingerprint density at radius 3 is 2.67 bits per heavy atom. The number of hydrogen-bond donors (Lipinski definition) is 2. The summed E-state index contributed by atoms with van der Waals surface area (Å²) in [5.74, 6) is -0.126. The lowest BCUT2D eigenvalue weighted by atomic mass is 10.1. The molecule has 1 aromatic carbocycles. The molecule has 4 nitrogen and oxygen atoms in total. The number of nitrogens with one attached hydrogen (secondary N) is 1. The maximum atomic E-state index is 12.1. The van der Waals surface area contributed by atoms with Crippen LogP contribution in [-0.2, 0) is 6.42 Å². The molecule has 0 bridgehead atoms. The highest BCUT2D eigenvalue weighted by molar-refractivity contribution is 7.09. The van der Waals surface area contributed by atoms with Crippen molar-refractivity contribution in [3.05, 3.63) is 52.0 Å². The number of nitrogens with zero attached hydrogens (tertiary/aromatic N) is 1. The van der Waals surface area contributed by atoms with Crippen LogP contribution in [0.25, 0.3) is 0 Å². The van der Waals surface area contributed by atoms with E-state index in [1.165, 1.54) is 16.9 Å². The molecular formula is C16H21N3OS. The molecule has 5 heteroatoms. The first kappa shape index (κ1) is 15.7. The first-order valence-electron chi connectivity index (χ1n) is 7.12. The van der Waals surface area contributed by atoms with E-state index >= 15 is 0 Å². The number of thiazole rings is 1. The number of amides is 1. The highest BCUT2D eigenvalue weighted by atomic mass is 32.1. The van der Waals surface area contributed by atoms with Crippen molar-refractivity contribution in [2.24, 2.45) is 5.73 Å². The predicted molar refractivity (Wildman–Crippen MR) is 86.4 cm³/mol. The van der Waals surface area contributed by atoms with Gasteiger partial charge in [-0.3, -0.25) is 4.79 Å². The largest absolute Gasteiger partial charge is 0.348 e. The summed E-state index contributed by atoms with van der Waals surface area (Å²) < 4.78 is 0. The third-order valence-corrected chi connectivity index (χ3v) is 4.28. The summed E-state index contributed by atoms with van der Waals surface area (Å²) in [7, 11) is 0. The Morgan fingerprint density at radius 1 is 1.33 bits per heavy atom. The number of benzene rings is 1. The number of hydrogen-bond acceptors (Lipinski definition) is 4. The van der Waals surface area contributed by atoms with Gasteiger partial charge in [0.15, 0.2) is 0 Å². The second-order valence-electron chi connectivity index (χ2n) is 5.26. The SMILES string of the molecule is CC(CCc1ccccc1)NC(=O)c1csc(C(C)N)n1. The molecule has 0 aliphatic carbocycles. The molecule has 2 atom stereocenters. The zero-order valence-electron chi connectivity index (χ0n) is 12.4. The quantitative estimate of drug-likeness (QED) is 0.862. The van der Waals surface area contributed by atoms with Crippen LogP contribution in [0.15, 0.2) is 35.7 Å². The van der Waals surface area contributed by atoms with Gasteiger partial charge in [0, 0.05) is 11.4 Å². The number of aromatic nitrogens is 1. The summed E-state index contributed by atoms with van der Waals surface area (Å²) in [4.78, 5) is 16.4. The van der Waals surface area contributed by atoms with Crippen LogP contribution in [-0.4, -0.2) is 16.9 Å². The molecule has 0 aliphatic heterocycles. The van der Waals surface area contributed by atoms with Crippen molar-refractivity contribution < 1.29 is 4.79 Å². The molecule has 0 radical (unpaired) electrons. The van der Waals surface area contributed by atoms with Crippen molar-refractivity contribution in [3.8, 4) is 0 Å². The van der Waals surface area contributed by atoms with Crippen molar-refractivity contribution in [3.63, 3.8) is 0 Å². The molecule has 2 aromatic rings. The van der Waals surface area contributed by atoms with E-state index in [1.807, 2.05) is 32.0 Å². The van der Waals surface area contributed by atoms with Gasteiger partial charge in [0.2, 0.25) is 0 Å². The summed E-state index contributed by atoms with van der Waals surface area (Å²) in [6, 6.07) is 10.2. The molecule has 21 heavy (non-hydrogen) atoms. The fourth-order valence-corrected chi connectivity index (χ4v) is 2.76. The summed E-state index contributed by atoms with van der Waals surface area (Å²) in [5.41, 5.74) is 7.50. The maximum absolute atomic E-state index is 12.1. The van der Waals surface area contributed by atoms with Gasteiger partial charge in [0.05, 0.1) is 6.04 Å². The first-order valence-corrected chi connectivity index (χ1v) is 8.00. The van der Waals surface area contributed by atoms with Gasteiger partial charge in [-0.05, 0) is 32.3 Å². The van der Waals surface area contributed by atoms with Gasteiger partial charge in [0.1, 0.15) is 10.7 Å². The molecule has 2 rings (SSSR count). The highest BCUT2D eigenvalue weighted by Crippen LogP contribution is 2.16. The Balaban J connectivity index is 1.84. The number of rotatable bonds is 6. The average molecular weight is 303 g/mol. The number of nitrogens with two attached hydrogens (primary N) is 1. The van der Waals surface area contributed by atoms with Gasteiger partial charge in [-0.2, -0.15) is 0 Å². The molecular weight excluding hydrogens is 282 g/mol. The standard InChI is InChI=1S/C16H21N3OS/c1-11(8-9-13-6-4-3-5-7-13)18-15(20)14-10-21-16(19-14)12(2)17/h3-7,10-12H,8-9,17H2,1-2H3,(H,18,20). The normalized spacial score (nSPS) is 13.7. The van der Waals surface area contributed by atoms with Crippen molar-refractivity contribution in [2.75, 3.05) is 0 Å². The van der Waals surface area contributed by atoms with Crippen LogP contribution < -0.4 is 11.1 Å². The lowest BCUT2D eigenvalue weighted by molar-refractivity contribution is 0.0934. The molecule has 0 saturated carbocycles. The van der Waals surface area contributed by atoms with Gasteiger partial charge >= 0.3 is 0 Å². The van der Waals surface area contributed by atoms with Crippen LogP contribution >= 0.6 is 11.3 Å². The van der Waals surface area contributed by atoms with Crippen LogP contribution in [0.2, 0.25) is 0 Å². The summed E-state index contributed by atoms with van der Waals surface area (Å²) >= 11 is 1.43. The minimum Gasteiger partial charge on any atom is -0.348 e. The fourth-order valence-electron chi connectivity index (χ4n) is 2.00. The lowest BCUT2D eigenvalue weighted by Crippen LogP contribution is -2.33. The van der Waals surface area contributed by atoms with E-state index in [4.69, 9.17) is 5.73 Å². The molecule has 1 amide bonds. The molecule has 1 aromatic heterocycles. The molecule has 1 heterocycles. The highest BCUT2D eigenvalue weighted by Gasteiger charge is 2.14. The van der Waals surface area contributed by atoms with Gasteiger partial charge < -0.3 is 11.1 Å². The van der Waals surface area contributed by atoms with E-state index in [-0.39, 0.29) is 18.0 Å². The molecule has 2 unspecified atom stereocenters. The van der Waals surface area contributed by atoms with Crippen molar-refractivity contribution in [2.45, 2.75) is 38.8 Å². The first-order chi connectivity index (χ1) is 10.1. The zero-order valence-corrected chi connectivity index (χ0v) is 13.2. The Labute approximate surface area is 129 Å². The zero-order chi connectivity index (χ0) is 15.2. The Hall–Kier alpha value is -1.72. The van der Waals surface area contributed by atoms with Gasteiger partial charge in [0.25, 0.3) is 5.91 Å². The average Bonchev–Trinajstić information content (AvgIpc) is 2.96. The molecule has 0 saturated heterocycles. The minimum atomic E-state index is -0.132. The molecule has 112 valence electrons. The van der Waals surface area contributed by atoms with Gasteiger partial charge in [-0.15, -0.1) is 11.3 Å². The Bertz CT molecular complexity index is 580. The topological polar surface area (TPSA) is 68.0 Å². The van der Waals surface area contributed by atoms with E-state index < -0.39 is 0 Å². The van der Waals surface area contributed by atoms with E-state index in [2.05, 4.69) is 22.4 Å². The second kappa shape index (κ2) is 7.33. The maximum Gasteiger partial charge on any atom is 0.270 e. The van der Waals surface area contributed by atoms with Crippen molar-refractivity contribution in [1.29, 1.82) is 0 Å². The van der Waals surface area contributed by atoms with Crippen molar-refractivity contribution >= 4 is 17.2 Å². The van der Waals surface area contributed by atoms with Crippen LogP contribution in [0.5, 0.6) is 0 Å². The number of aryl methyl sites for hydroxylation is 1. The van der Waals surface area contributed by atoms with E-state index in [0.717, 1.165) is 17.8 Å². The molecule has 0 fully saturated rings. The van der Waals surface area contributed by atoms with Crippen LogP contribution in [0.3, 0.4) is 0 Å². The van der Waals surface area contributed by atoms with Crippen LogP contribution in [0.1, 0.15) is 47.4 Å². The van der Waals surface area contributed by atoms with Crippen LogP contribution in [0.4, 0.5) is 0 Å². The Kier molecular flexibility index (Phi) is 5.47. The van der Waals surface area contributed by atoms with E-state index in [9.17, 15) is 4.79 Å². The van der Waals surface area contributed by atoms with Crippen molar-refractivity contribution in [1.82, 2.24) is 10.3 Å². The molecule has 0 aliphatic rings.